The number of pyridine rings is 1. The fourth-order valence-corrected chi connectivity index (χ4v) is 8.22. The second-order valence-corrected chi connectivity index (χ2v) is 14.7. The Hall–Kier alpha value is -4.84. The van der Waals surface area contributed by atoms with E-state index in [0.29, 0.717) is 29.6 Å². The van der Waals surface area contributed by atoms with E-state index in [-0.39, 0.29) is 0 Å². The van der Waals surface area contributed by atoms with Crippen LogP contribution in [0.1, 0.15) is 95.2 Å². The van der Waals surface area contributed by atoms with Crippen molar-refractivity contribution in [3.63, 3.8) is 0 Å². The topological polar surface area (TPSA) is 54.1 Å². The molecule has 7 rings (SSSR count). The van der Waals surface area contributed by atoms with Crippen molar-refractivity contribution >= 4 is 21.8 Å². The number of aromatic nitrogens is 4. The molecule has 6 nitrogen and oxygen atoms in total. The van der Waals surface area contributed by atoms with Crippen LogP contribution in [0.25, 0.3) is 33.3 Å². The lowest BCUT2D eigenvalue weighted by atomic mass is 9.71. The van der Waals surface area contributed by atoms with Gasteiger partial charge in [0, 0.05) is 46.6 Å². The molecule has 0 radical (unpaired) electrons. The van der Waals surface area contributed by atoms with Gasteiger partial charge in [0.15, 0.2) is 0 Å². The molecule has 49 heavy (non-hydrogen) atoms. The van der Waals surface area contributed by atoms with Gasteiger partial charge in [-0.3, -0.25) is 4.57 Å². The van der Waals surface area contributed by atoms with E-state index in [1.54, 1.807) is 13.3 Å². The first-order valence-corrected chi connectivity index (χ1v) is 17.7. The van der Waals surface area contributed by atoms with E-state index in [0.717, 1.165) is 56.1 Å². The number of benzene rings is 3. The minimum absolute atomic E-state index is 0.300. The summed E-state index contributed by atoms with van der Waals surface area (Å²) in [6, 6.07) is 25.0. The van der Waals surface area contributed by atoms with Crippen LogP contribution >= 0.6 is 0 Å². The smallest absolute Gasteiger partial charge is 0.141 e. The molecule has 252 valence electrons. The van der Waals surface area contributed by atoms with Gasteiger partial charge in [-0.1, -0.05) is 71.4 Å². The third-order valence-corrected chi connectivity index (χ3v) is 10.1. The Bertz CT molecular complexity index is 2200. The largest absolute Gasteiger partial charge is 0.497 e. The molecule has 0 aliphatic heterocycles. The van der Waals surface area contributed by atoms with Crippen LogP contribution in [0.3, 0.4) is 0 Å². The lowest BCUT2D eigenvalue weighted by molar-refractivity contribution is 0.388. The molecule has 0 fully saturated rings. The molecule has 6 aromatic rings. The summed E-state index contributed by atoms with van der Waals surface area (Å²) in [5.74, 6) is 5.25. The second kappa shape index (κ2) is 12.9. The summed E-state index contributed by atoms with van der Waals surface area (Å²) < 4.78 is 16.6. The third kappa shape index (κ3) is 5.92. The quantitative estimate of drug-likeness (QED) is 0.154. The minimum Gasteiger partial charge on any atom is -0.497 e. The molecule has 0 saturated carbocycles. The zero-order valence-corrected chi connectivity index (χ0v) is 30.3. The van der Waals surface area contributed by atoms with Crippen molar-refractivity contribution in [2.24, 2.45) is 11.8 Å². The van der Waals surface area contributed by atoms with E-state index in [9.17, 15) is 0 Å². The van der Waals surface area contributed by atoms with Crippen LogP contribution in [-0.4, -0.2) is 26.4 Å². The predicted molar refractivity (Wildman–Crippen MR) is 201 cm³/mol. The highest BCUT2D eigenvalue weighted by atomic mass is 16.5. The first-order chi connectivity index (χ1) is 23.5. The van der Waals surface area contributed by atoms with Crippen molar-refractivity contribution in [1.29, 1.82) is 0 Å². The molecule has 1 aliphatic carbocycles. The van der Waals surface area contributed by atoms with Crippen LogP contribution in [0.5, 0.6) is 17.2 Å². The Morgan fingerprint density at radius 2 is 1.57 bits per heavy atom. The molecule has 0 bridgehead atoms. The summed E-state index contributed by atoms with van der Waals surface area (Å²) in [4.78, 5) is 4.72. The van der Waals surface area contributed by atoms with E-state index in [1.165, 1.54) is 28.9 Å². The second-order valence-electron chi connectivity index (χ2n) is 14.7. The highest BCUT2D eigenvalue weighted by Crippen LogP contribution is 2.46. The van der Waals surface area contributed by atoms with Crippen molar-refractivity contribution in [2.75, 3.05) is 7.11 Å². The van der Waals surface area contributed by atoms with Gasteiger partial charge in [-0.25, -0.2) is 9.67 Å². The maximum absolute atomic E-state index is 6.70. The summed E-state index contributed by atoms with van der Waals surface area (Å²) >= 11 is 0. The number of hydrogen-bond donors (Lipinski definition) is 0. The number of methoxy groups -OCH3 is 1. The van der Waals surface area contributed by atoms with Crippen LogP contribution in [0.15, 0.2) is 90.6 Å². The van der Waals surface area contributed by atoms with Crippen molar-refractivity contribution in [3.8, 4) is 28.8 Å². The number of aryl methyl sites for hydroxylation is 1. The van der Waals surface area contributed by atoms with Crippen molar-refractivity contribution in [2.45, 2.75) is 79.6 Å². The normalized spacial score (nSPS) is 18.1. The minimum atomic E-state index is 0.300. The SMILES string of the molecule is COc1ccnc(-n2c3ccccc3c3ccc(Oc4cc(C)cc(-n5nc(C(C)C)c([C@@H]6C(C)=CC(C)C[C@@H]6C)c5C(C)C)c4)cc32)c1. The van der Waals surface area contributed by atoms with Crippen LogP contribution < -0.4 is 9.47 Å². The van der Waals surface area contributed by atoms with Gasteiger partial charge < -0.3 is 9.47 Å². The van der Waals surface area contributed by atoms with Crippen molar-refractivity contribution in [1.82, 2.24) is 19.3 Å². The van der Waals surface area contributed by atoms with Crippen molar-refractivity contribution in [3.05, 3.63) is 113 Å². The molecule has 3 aromatic heterocycles. The number of fused-ring (bicyclic) bond motifs is 3. The van der Waals surface area contributed by atoms with Crippen LogP contribution in [0.4, 0.5) is 0 Å². The van der Waals surface area contributed by atoms with Crippen molar-refractivity contribution < 1.29 is 9.47 Å². The summed E-state index contributed by atoms with van der Waals surface area (Å²) in [5, 5.41) is 7.69. The number of allylic oxidation sites excluding steroid dienone is 2. The average Bonchev–Trinajstić information content (AvgIpc) is 3.61. The number of para-hydroxylation sites is 1. The summed E-state index contributed by atoms with van der Waals surface area (Å²) in [5.41, 5.74) is 9.65. The fraction of sp³-hybridized carbons (Fsp3) is 0.349. The molecular formula is C43H48N4O2. The van der Waals surface area contributed by atoms with Crippen LogP contribution in [-0.2, 0) is 0 Å². The van der Waals surface area contributed by atoms with E-state index < -0.39 is 0 Å². The number of ether oxygens (including phenoxy) is 2. The number of hydrogen-bond acceptors (Lipinski definition) is 4. The van der Waals surface area contributed by atoms with Gasteiger partial charge in [-0.15, -0.1) is 0 Å². The van der Waals surface area contributed by atoms with Gasteiger partial charge in [-0.05, 0) is 85.9 Å². The first-order valence-electron chi connectivity index (χ1n) is 17.7. The molecule has 3 heterocycles. The molecular weight excluding hydrogens is 604 g/mol. The lowest BCUT2D eigenvalue weighted by Gasteiger charge is -2.33. The first kappa shape index (κ1) is 32.7. The zero-order valence-electron chi connectivity index (χ0n) is 30.3. The standard InChI is InChI=1S/C43H48N4O2/c1-25(2)42-41(40-29(7)18-27(5)19-30(40)8)43(26(3)4)47(45-42)31-20-28(6)21-34(22-31)49-33-14-15-36-35-12-10-11-13-37(35)46(38(36)23-33)39-24-32(48-9)16-17-44-39/h10-18,20-27,30,40H,19H2,1-9H3/t27?,30-,40+/m0/s1. The Kier molecular flexibility index (Phi) is 8.60. The van der Waals surface area contributed by atoms with Gasteiger partial charge in [0.1, 0.15) is 23.1 Å². The van der Waals surface area contributed by atoms with Crippen LogP contribution in [0, 0.1) is 18.8 Å². The molecule has 1 aliphatic rings. The van der Waals surface area contributed by atoms with E-state index >= 15 is 0 Å². The predicted octanol–water partition coefficient (Wildman–Crippen LogP) is 11.4. The maximum Gasteiger partial charge on any atom is 0.141 e. The lowest BCUT2D eigenvalue weighted by Crippen LogP contribution is -2.21. The summed E-state index contributed by atoms with van der Waals surface area (Å²) in [6.07, 6.45) is 5.46. The Balaban J connectivity index is 1.33. The molecule has 0 N–H and O–H groups in total. The molecule has 1 unspecified atom stereocenters. The monoisotopic (exact) mass is 652 g/mol. The summed E-state index contributed by atoms with van der Waals surface area (Å²) in [7, 11) is 1.68. The molecule has 0 spiro atoms. The Morgan fingerprint density at radius 1 is 0.796 bits per heavy atom. The van der Waals surface area contributed by atoms with Gasteiger partial charge in [0.05, 0.1) is 35.2 Å². The highest BCUT2D eigenvalue weighted by Gasteiger charge is 2.35. The van der Waals surface area contributed by atoms with E-state index in [1.807, 2.05) is 12.1 Å². The fourth-order valence-electron chi connectivity index (χ4n) is 8.22. The van der Waals surface area contributed by atoms with E-state index in [4.69, 9.17) is 19.6 Å². The molecule has 6 heteroatoms. The zero-order chi connectivity index (χ0) is 34.6. The molecule has 0 saturated heterocycles. The van der Waals surface area contributed by atoms with Gasteiger partial charge >= 0.3 is 0 Å². The Labute approximate surface area is 290 Å². The van der Waals surface area contributed by atoms with Gasteiger partial charge in [-0.2, -0.15) is 5.10 Å². The highest BCUT2D eigenvalue weighted by molar-refractivity contribution is 6.09. The molecule has 3 atom stereocenters. The molecule has 3 aromatic carbocycles. The maximum atomic E-state index is 6.70. The van der Waals surface area contributed by atoms with E-state index in [2.05, 4.69) is 131 Å². The van der Waals surface area contributed by atoms with Crippen LogP contribution in [0.2, 0.25) is 0 Å². The number of rotatable bonds is 8. The third-order valence-electron chi connectivity index (χ3n) is 10.1. The molecule has 0 amide bonds. The Morgan fingerprint density at radius 3 is 2.31 bits per heavy atom. The number of nitrogens with zero attached hydrogens (tertiary/aromatic N) is 4. The summed E-state index contributed by atoms with van der Waals surface area (Å²) in [6.45, 7) is 18.4. The van der Waals surface area contributed by atoms with Gasteiger partial charge in [0.2, 0.25) is 0 Å². The average molecular weight is 653 g/mol. The van der Waals surface area contributed by atoms with Gasteiger partial charge in [0.25, 0.3) is 0 Å².